The molecular weight excluding hydrogens is 463 g/mol. The SMILES string of the molecule is C=CCn1c(SCC(=O)Nc2ncc(Cl)c(C)c2Cl)nc2scc(C3CC3)c2c1=O. The van der Waals surface area contributed by atoms with Crippen LogP contribution < -0.4 is 10.9 Å². The van der Waals surface area contributed by atoms with E-state index in [4.69, 9.17) is 23.2 Å². The van der Waals surface area contributed by atoms with Gasteiger partial charge in [-0.3, -0.25) is 14.2 Å². The molecule has 0 aromatic carbocycles. The molecule has 1 amide bonds. The van der Waals surface area contributed by atoms with Gasteiger partial charge in [-0.05, 0) is 42.2 Å². The molecule has 0 spiro atoms. The number of pyridine rings is 1. The smallest absolute Gasteiger partial charge is 0.263 e. The Hall–Kier alpha value is -1.87. The first kappa shape index (κ1) is 21.4. The lowest BCUT2D eigenvalue weighted by molar-refractivity contribution is -0.113. The van der Waals surface area contributed by atoms with Crippen LogP contribution in [-0.4, -0.2) is 26.2 Å². The van der Waals surface area contributed by atoms with Crippen molar-refractivity contribution in [3.05, 3.63) is 55.8 Å². The lowest BCUT2D eigenvalue weighted by Crippen LogP contribution is -2.24. The number of nitrogens with one attached hydrogen (secondary N) is 1. The van der Waals surface area contributed by atoms with Crippen molar-refractivity contribution in [2.45, 2.75) is 37.4 Å². The molecule has 156 valence electrons. The summed E-state index contributed by atoms with van der Waals surface area (Å²) >= 11 is 14.9. The molecular formula is C20H18Cl2N4O2S2. The molecule has 4 rings (SSSR count). The molecule has 0 radical (unpaired) electrons. The van der Waals surface area contributed by atoms with Gasteiger partial charge >= 0.3 is 0 Å². The Balaban J connectivity index is 1.57. The molecule has 1 saturated carbocycles. The van der Waals surface area contributed by atoms with E-state index in [1.165, 1.54) is 29.3 Å². The first-order chi connectivity index (χ1) is 14.4. The molecule has 0 unspecified atom stereocenters. The van der Waals surface area contributed by atoms with E-state index < -0.39 is 0 Å². The number of fused-ring (bicyclic) bond motifs is 1. The van der Waals surface area contributed by atoms with Crippen molar-refractivity contribution >= 4 is 68.2 Å². The second-order valence-corrected chi connectivity index (χ2v) is 9.56. The molecule has 3 aromatic rings. The Kier molecular flexibility index (Phi) is 6.20. The Labute approximate surface area is 191 Å². The maximum absolute atomic E-state index is 13.1. The minimum Gasteiger partial charge on any atom is -0.309 e. The van der Waals surface area contributed by atoms with Gasteiger partial charge in [-0.2, -0.15) is 0 Å². The van der Waals surface area contributed by atoms with Crippen molar-refractivity contribution in [3.8, 4) is 0 Å². The Bertz CT molecular complexity index is 1220. The average Bonchev–Trinajstić information content (AvgIpc) is 3.48. The maximum atomic E-state index is 13.1. The third kappa shape index (κ3) is 4.14. The van der Waals surface area contributed by atoms with E-state index in [-0.39, 0.29) is 23.0 Å². The molecule has 6 nitrogen and oxygen atoms in total. The maximum Gasteiger partial charge on any atom is 0.263 e. The predicted molar refractivity (Wildman–Crippen MR) is 124 cm³/mol. The Morgan fingerprint density at radius 1 is 1.47 bits per heavy atom. The third-order valence-electron chi connectivity index (χ3n) is 4.81. The fraction of sp³-hybridized carbons (Fsp3) is 0.300. The summed E-state index contributed by atoms with van der Waals surface area (Å²) in [6, 6.07) is 0. The molecule has 0 aliphatic heterocycles. The first-order valence-corrected chi connectivity index (χ1v) is 11.9. The molecule has 3 heterocycles. The number of aromatic nitrogens is 3. The molecule has 3 aromatic heterocycles. The average molecular weight is 481 g/mol. The minimum absolute atomic E-state index is 0.0512. The normalized spacial score (nSPS) is 13.6. The molecule has 0 saturated heterocycles. The minimum atomic E-state index is -0.305. The predicted octanol–water partition coefficient (Wildman–Crippen LogP) is 5.26. The highest BCUT2D eigenvalue weighted by atomic mass is 35.5. The van der Waals surface area contributed by atoms with Crippen LogP contribution in [0.25, 0.3) is 10.2 Å². The highest BCUT2D eigenvalue weighted by molar-refractivity contribution is 7.99. The van der Waals surface area contributed by atoms with Crippen LogP contribution in [0.1, 0.15) is 29.9 Å². The van der Waals surface area contributed by atoms with Crippen LogP contribution in [-0.2, 0) is 11.3 Å². The number of amides is 1. The molecule has 30 heavy (non-hydrogen) atoms. The Morgan fingerprint density at radius 3 is 2.93 bits per heavy atom. The number of allylic oxidation sites excluding steroid dienone is 1. The number of carbonyl (C=O) groups excluding carboxylic acids is 1. The van der Waals surface area contributed by atoms with Crippen molar-refractivity contribution in [2.75, 3.05) is 11.1 Å². The monoisotopic (exact) mass is 480 g/mol. The zero-order valence-electron chi connectivity index (χ0n) is 16.1. The quantitative estimate of drug-likeness (QED) is 0.283. The van der Waals surface area contributed by atoms with Gasteiger partial charge in [0.1, 0.15) is 4.83 Å². The summed E-state index contributed by atoms with van der Waals surface area (Å²) < 4.78 is 1.57. The van der Waals surface area contributed by atoms with Crippen LogP contribution in [0.15, 0.2) is 34.2 Å². The number of hydrogen-bond acceptors (Lipinski definition) is 6. The van der Waals surface area contributed by atoms with Gasteiger partial charge in [0.2, 0.25) is 5.91 Å². The van der Waals surface area contributed by atoms with Crippen LogP contribution in [0, 0.1) is 6.92 Å². The second-order valence-electron chi connectivity index (χ2n) is 6.97. The lowest BCUT2D eigenvalue weighted by Gasteiger charge is -2.11. The van der Waals surface area contributed by atoms with Crippen molar-refractivity contribution in [2.24, 2.45) is 0 Å². The van der Waals surface area contributed by atoms with Crippen molar-refractivity contribution < 1.29 is 4.79 Å². The van der Waals surface area contributed by atoms with Crippen molar-refractivity contribution in [1.29, 1.82) is 0 Å². The molecule has 10 heteroatoms. The van der Waals surface area contributed by atoms with E-state index in [1.54, 1.807) is 17.6 Å². The molecule has 1 aliphatic rings. The first-order valence-electron chi connectivity index (χ1n) is 9.26. The fourth-order valence-electron chi connectivity index (χ4n) is 3.06. The van der Waals surface area contributed by atoms with Gasteiger partial charge in [-0.25, -0.2) is 9.97 Å². The third-order valence-corrected chi connectivity index (χ3v) is 7.52. The standard InChI is InChI=1S/C20H18Cl2N4O2S2/c1-3-6-26-19(28)15-12(11-4-5-11)8-29-18(15)25-20(26)30-9-14(27)24-17-16(22)10(2)13(21)7-23-17/h3,7-8,11H,1,4-6,9H2,2H3,(H,23,24,27). The summed E-state index contributed by atoms with van der Waals surface area (Å²) in [6.45, 7) is 5.82. The van der Waals surface area contributed by atoms with Crippen LogP contribution in [0.5, 0.6) is 0 Å². The topological polar surface area (TPSA) is 76.9 Å². The number of thioether (sulfide) groups is 1. The van der Waals surface area contributed by atoms with Gasteiger partial charge in [0.15, 0.2) is 11.0 Å². The summed E-state index contributed by atoms with van der Waals surface area (Å²) in [5.41, 5.74) is 1.66. The van der Waals surface area contributed by atoms with E-state index in [2.05, 4.69) is 21.9 Å². The van der Waals surface area contributed by atoms with Gasteiger partial charge in [-0.15, -0.1) is 17.9 Å². The van der Waals surface area contributed by atoms with Gasteiger partial charge < -0.3 is 5.32 Å². The molecule has 1 N–H and O–H groups in total. The van der Waals surface area contributed by atoms with Crippen molar-refractivity contribution in [3.63, 3.8) is 0 Å². The van der Waals surface area contributed by atoms with Crippen LogP contribution in [0.3, 0.4) is 0 Å². The lowest BCUT2D eigenvalue weighted by atomic mass is 10.1. The summed E-state index contributed by atoms with van der Waals surface area (Å²) in [6.07, 6.45) is 5.33. The van der Waals surface area contributed by atoms with E-state index in [0.717, 1.165) is 18.4 Å². The molecule has 0 atom stereocenters. The number of rotatable bonds is 7. The summed E-state index contributed by atoms with van der Waals surface area (Å²) in [5, 5.41) is 6.63. The van der Waals surface area contributed by atoms with E-state index >= 15 is 0 Å². The number of thiophene rings is 1. The summed E-state index contributed by atoms with van der Waals surface area (Å²) in [5.74, 6) is 0.467. The number of anilines is 1. The van der Waals surface area contributed by atoms with Crippen LogP contribution in [0.2, 0.25) is 10.0 Å². The molecule has 0 bridgehead atoms. The van der Waals surface area contributed by atoms with Gasteiger partial charge in [0, 0.05) is 12.7 Å². The summed E-state index contributed by atoms with van der Waals surface area (Å²) in [7, 11) is 0. The van der Waals surface area contributed by atoms with E-state index in [9.17, 15) is 9.59 Å². The highest BCUT2D eigenvalue weighted by Gasteiger charge is 2.29. The Morgan fingerprint density at radius 2 is 2.23 bits per heavy atom. The van der Waals surface area contributed by atoms with Crippen molar-refractivity contribution in [1.82, 2.24) is 14.5 Å². The second kappa shape index (κ2) is 8.70. The van der Waals surface area contributed by atoms with Crippen LogP contribution >= 0.6 is 46.3 Å². The molecule has 1 fully saturated rings. The van der Waals surface area contributed by atoms with Gasteiger partial charge in [-0.1, -0.05) is 41.0 Å². The zero-order chi connectivity index (χ0) is 21.4. The number of carbonyl (C=O) groups is 1. The number of nitrogens with zero attached hydrogens (tertiary/aromatic N) is 3. The number of halogens is 2. The summed E-state index contributed by atoms with van der Waals surface area (Å²) in [4.78, 5) is 35.0. The van der Waals surface area contributed by atoms with Gasteiger partial charge in [0.05, 0.1) is 21.2 Å². The number of hydrogen-bond donors (Lipinski definition) is 1. The molecule has 1 aliphatic carbocycles. The van der Waals surface area contributed by atoms with Gasteiger partial charge in [0.25, 0.3) is 5.56 Å². The van der Waals surface area contributed by atoms with E-state index in [1.807, 2.05) is 5.38 Å². The highest BCUT2D eigenvalue weighted by Crippen LogP contribution is 2.44. The zero-order valence-corrected chi connectivity index (χ0v) is 19.2. The van der Waals surface area contributed by atoms with Crippen LogP contribution in [0.4, 0.5) is 5.82 Å². The largest absolute Gasteiger partial charge is 0.309 e. The van der Waals surface area contributed by atoms with E-state index in [0.29, 0.717) is 43.4 Å². The fourth-order valence-corrected chi connectivity index (χ4v) is 5.32.